The van der Waals surface area contributed by atoms with Crippen LogP contribution in [0, 0.1) is 11.3 Å². The minimum Gasteiger partial charge on any atom is -0.360 e. The van der Waals surface area contributed by atoms with Crippen molar-refractivity contribution in [1.29, 1.82) is 5.26 Å². The Kier molecular flexibility index (Phi) is 5.66. The summed E-state index contributed by atoms with van der Waals surface area (Å²) in [5.74, 6) is 0.138. The van der Waals surface area contributed by atoms with E-state index in [1.807, 2.05) is 6.07 Å². The fourth-order valence-electron chi connectivity index (χ4n) is 1.48. The predicted molar refractivity (Wildman–Crippen MR) is 59.6 cm³/mol. The molecule has 15 heavy (non-hydrogen) atoms. The molecule has 1 fully saturated rings. The lowest BCUT2D eigenvalue weighted by Crippen LogP contribution is -2.45. The van der Waals surface area contributed by atoms with Gasteiger partial charge in [0.05, 0.1) is 19.2 Å². The summed E-state index contributed by atoms with van der Waals surface area (Å²) < 4.78 is 5.17. The van der Waals surface area contributed by atoms with E-state index in [1.165, 1.54) is 0 Å². The van der Waals surface area contributed by atoms with Gasteiger partial charge in [0.15, 0.2) is 6.10 Å². The summed E-state index contributed by atoms with van der Waals surface area (Å²) in [5, 5.41) is 9.62. The predicted octanol–water partition coefficient (Wildman–Crippen LogP) is 1.30. The number of ether oxygens (including phenoxy) is 1. The van der Waals surface area contributed by atoms with Gasteiger partial charge in [0.1, 0.15) is 0 Å². The van der Waals surface area contributed by atoms with Crippen molar-refractivity contribution in [3.05, 3.63) is 0 Å². The molecule has 0 aromatic heterocycles. The maximum absolute atomic E-state index is 11.7. The van der Waals surface area contributed by atoms with Crippen molar-refractivity contribution in [1.82, 2.24) is 4.90 Å². The Hall–Kier alpha value is -0.600. The second kappa shape index (κ2) is 6.81. The number of rotatable bonds is 4. The molecular formula is C10H15BrN2O2. The van der Waals surface area contributed by atoms with E-state index >= 15 is 0 Å². The van der Waals surface area contributed by atoms with Crippen molar-refractivity contribution in [2.45, 2.75) is 25.4 Å². The number of amides is 1. The molecule has 5 heteroatoms. The van der Waals surface area contributed by atoms with Crippen LogP contribution in [0.3, 0.4) is 0 Å². The van der Waals surface area contributed by atoms with E-state index in [4.69, 9.17) is 10.00 Å². The minimum absolute atomic E-state index is 0.138. The number of morpholine rings is 1. The van der Waals surface area contributed by atoms with E-state index < -0.39 is 6.10 Å². The van der Waals surface area contributed by atoms with E-state index in [9.17, 15) is 4.79 Å². The van der Waals surface area contributed by atoms with Crippen LogP contribution < -0.4 is 0 Å². The van der Waals surface area contributed by atoms with Gasteiger partial charge >= 0.3 is 0 Å². The van der Waals surface area contributed by atoms with Gasteiger partial charge in [0, 0.05) is 18.3 Å². The fraction of sp³-hybridized carbons (Fsp3) is 0.800. The Bertz CT molecular complexity index is 252. The van der Waals surface area contributed by atoms with Gasteiger partial charge in [0.25, 0.3) is 0 Å². The average molecular weight is 275 g/mol. The largest absolute Gasteiger partial charge is 0.360 e. The minimum atomic E-state index is -0.445. The lowest BCUT2D eigenvalue weighted by molar-refractivity contribution is -0.137. The van der Waals surface area contributed by atoms with Gasteiger partial charge < -0.3 is 9.64 Å². The van der Waals surface area contributed by atoms with Crippen molar-refractivity contribution in [2.75, 3.05) is 25.0 Å². The van der Waals surface area contributed by atoms with Crippen molar-refractivity contribution >= 4 is 21.8 Å². The molecule has 0 spiro atoms. The van der Waals surface area contributed by atoms with Crippen LogP contribution in [0.2, 0.25) is 0 Å². The SMILES string of the molecule is N#CC1CN(C(=O)CCCCBr)CCO1. The maximum atomic E-state index is 11.7. The van der Waals surface area contributed by atoms with Crippen molar-refractivity contribution in [3.63, 3.8) is 0 Å². The number of hydrogen-bond donors (Lipinski definition) is 0. The number of carbonyl (C=O) groups is 1. The number of unbranched alkanes of at least 4 members (excludes halogenated alkanes) is 1. The summed E-state index contributed by atoms with van der Waals surface area (Å²) in [7, 11) is 0. The molecule has 1 saturated heterocycles. The van der Waals surface area contributed by atoms with Crippen LogP contribution in [-0.4, -0.2) is 41.9 Å². The molecule has 1 atom stereocenters. The zero-order valence-corrected chi connectivity index (χ0v) is 10.2. The maximum Gasteiger partial charge on any atom is 0.222 e. The van der Waals surface area contributed by atoms with Crippen LogP contribution in [-0.2, 0) is 9.53 Å². The third-order valence-corrected chi connectivity index (χ3v) is 2.90. The molecule has 1 heterocycles. The highest BCUT2D eigenvalue weighted by molar-refractivity contribution is 9.09. The smallest absolute Gasteiger partial charge is 0.222 e. The van der Waals surface area contributed by atoms with E-state index in [0.29, 0.717) is 26.1 Å². The first-order chi connectivity index (χ1) is 7.27. The summed E-state index contributed by atoms with van der Waals surface area (Å²) in [6.45, 7) is 1.51. The molecule has 0 radical (unpaired) electrons. The van der Waals surface area contributed by atoms with E-state index in [-0.39, 0.29) is 5.91 Å². The molecule has 1 unspecified atom stereocenters. The Balaban J connectivity index is 2.29. The van der Waals surface area contributed by atoms with E-state index in [0.717, 1.165) is 18.2 Å². The molecule has 0 saturated carbocycles. The van der Waals surface area contributed by atoms with Crippen molar-refractivity contribution in [3.8, 4) is 6.07 Å². The molecule has 0 aromatic rings. The first kappa shape index (κ1) is 12.5. The van der Waals surface area contributed by atoms with Gasteiger partial charge in [0.2, 0.25) is 5.91 Å². The topological polar surface area (TPSA) is 53.3 Å². The molecule has 1 amide bonds. The molecule has 0 aliphatic carbocycles. The summed E-state index contributed by atoms with van der Waals surface area (Å²) in [6.07, 6.45) is 2.04. The van der Waals surface area contributed by atoms with Gasteiger partial charge in [-0.3, -0.25) is 4.79 Å². The molecular weight excluding hydrogens is 260 g/mol. The zero-order valence-electron chi connectivity index (χ0n) is 8.62. The summed E-state index contributed by atoms with van der Waals surface area (Å²) in [6, 6.07) is 2.03. The third kappa shape index (κ3) is 4.18. The van der Waals surface area contributed by atoms with E-state index in [2.05, 4.69) is 15.9 Å². The highest BCUT2D eigenvalue weighted by Crippen LogP contribution is 2.08. The van der Waals surface area contributed by atoms with Crippen LogP contribution in [0.15, 0.2) is 0 Å². The highest BCUT2D eigenvalue weighted by Gasteiger charge is 2.23. The summed E-state index contributed by atoms with van der Waals surface area (Å²) >= 11 is 3.33. The van der Waals surface area contributed by atoms with Crippen LogP contribution in [0.1, 0.15) is 19.3 Å². The monoisotopic (exact) mass is 274 g/mol. The Morgan fingerprint density at radius 1 is 1.60 bits per heavy atom. The normalized spacial score (nSPS) is 21.1. The first-order valence-corrected chi connectivity index (χ1v) is 6.25. The quantitative estimate of drug-likeness (QED) is 0.574. The first-order valence-electron chi connectivity index (χ1n) is 5.13. The number of nitrogens with zero attached hydrogens (tertiary/aromatic N) is 2. The Morgan fingerprint density at radius 3 is 3.07 bits per heavy atom. The molecule has 1 rings (SSSR count). The average Bonchev–Trinajstić information content (AvgIpc) is 2.29. The van der Waals surface area contributed by atoms with Gasteiger partial charge in [-0.1, -0.05) is 15.9 Å². The van der Waals surface area contributed by atoms with Crippen molar-refractivity contribution in [2.24, 2.45) is 0 Å². The zero-order chi connectivity index (χ0) is 11.1. The number of carbonyl (C=O) groups excluding carboxylic acids is 1. The second-order valence-electron chi connectivity index (χ2n) is 3.47. The lowest BCUT2D eigenvalue weighted by Gasteiger charge is -2.29. The molecule has 4 nitrogen and oxygen atoms in total. The van der Waals surface area contributed by atoms with E-state index in [1.54, 1.807) is 4.90 Å². The van der Waals surface area contributed by atoms with Gasteiger partial charge in [-0.25, -0.2) is 0 Å². The summed E-state index contributed by atoms with van der Waals surface area (Å²) in [4.78, 5) is 13.4. The molecule has 0 N–H and O–H groups in total. The number of hydrogen-bond acceptors (Lipinski definition) is 3. The highest BCUT2D eigenvalue weighted by atomic mass is 79.9. The van der Waals surface area contributed by atoms with Gasteiger partial charge in [-0.15, -0.1) is 0 Å². The molecule has 1 aliphatic rings. The summed E-state index contributed by atoms with van der Waals surface area (Å²) in [5.41, 5.74) is 0. The second-order valence-corrected chi connectivity index (χ2v) is 4.27. The van der Waals surface area contributed by atoms with Gasteiger partial charge in [-0.2, -0.15) is 5.26 Å². The van der Waals surface area contributed by atoms with Crippen LogP contribution in [0.5, 0.6) is 0 Å². The number of alkyl halides is 1. The number of nitriles is 1. The third-order valence-electron chi connectivity index (χ3n) is 2.34. The molecule has 84 valence electrons. The van der Waals surface area contributed by atoms with Crippen LogP contribution >= 0.6 is 15.9 Å². The van der Waals surface area contributed by atoms with Gasteiger partial charge in [-0.05, 0) is 12.8 Å². The standard InChI is InChI=1S/C10H15BrN2O2/c11-4-2-1-3-10(14)13-5-6-15-9(7-12)8-13/h9H,1-6,8H2. The van der Waals surface area contributed by atoms with Crippen molar-refractivity contribution < 1.29 is 9.53 Å². The van der Waals surface area contributed by atoms with Crippen LogP contribution in [0.4, 0.5) is 0 Å². The molecule has 1 aliphatic heterocycles. The Labute approximate surface area is 98.3 Å². The van der Waals surface area contributed by atoms with Crippen LogP contribution in [0.25, 0.3) is 0 Å². The molecule has 0 aromatic carbocycles. The number of halogens is 1. The fourth-order valence-corrected chi connectivity index (χ4v) is 1.88. The Morgan fingerprint density at radius 2 is 2.40 bits per heavy atom. The molecule has 0 bridgehead atoms. The lowest BCUT2D eigenvalue weighted by atomic mass is 10.2.